The Labute approximate surface area is 117 Å². The number of benzene rings is 1. The second-order valence-corrected chi connectivity index (χ2v) is 5.22. The van der Waals surface area contributed by atoms with E-state index in [1.165, 1.54) is 7.11 Å². The van der Waals surface area contributed by atoms with Gasteiger partial charge in [-0.05, 0) is 38.5 Å². The summed E-state index contributed by atoms with van der Waals surface area (Å²) < 4.78 is 10.1. The minimum atomic E-state index is -0.656. The number of amides is 1. The van der Waals surface area contributed by atoms with Gasteiger partial charge in [-0.1, -0.05) is 0 Å². The predicted molar refractivity (Wildman–Crippen MR) is 74.1 cm³/mol. The van der Waals surface area contributed by atoms with Gasteiger partial charge in [0.05, 0.1) is 12.8 Å². The van der Waals surface area contributed by atoms with Gasteiger partial charge in [0.1, 0.15) is 5.60 Å². The molecular weight excluding hydrogens is 270 g/mol. The lowest BCUT2D eigenvalue weighted by atomic mass is 10.2. The average Bonchev–Trinajstić information content (AvgIpc) is 2.29. The maximum atomic E-state index is 11.7. The molecule has 1 aromatic rings. The molecule has 1 aromatic carbocycles. The van der Waals surface area contributed by atoms with Gasteiger partial charge in [-0.25, -0.2) is 4.79 Å². The molecule has 1 amide bonds. The first-order valence-electron chi connectivity index (χ1n) is 5.72. The molecule has 0 heterocycles. The molecule has 0 radical (unpaired) electrons. The van der Waals surface area contributed by atoms with Gasteiger partial charge in [0.15, 0.2) is 11.5 Å². The van der Waals surface area contributed by atoms with E-state index in [2.05, 4.69) is 5.32 Å². The maximum Gasteiger partial charge on any atom is 0.412 e. The van der Waals surface area contributed by atoms with Gasteiger partial charge >= 0.3 is 6.09 Å². The third-order valence-corrected chi connectivity index (χ3v) is 2.45. The number of halogens is 1. The van der Waals surface area contributed by atoms with Gasteiger partial charge in [-0.3, -0.25) is 5.32 Å². The van der Waals surface area contributed by atoms with Crippen molar-refractivity contribution in [1.29, 1.82) is 0 Å². The molecule has 6 heteroatoms. The molecule has 0 aromatic heterocycles. The highest BCUT2D eigenvalue weighted by molar-refractivity contribution is 6.17. The van der Waals surface area contributed by atoms with Crippen LogP contribution in [0.2, 0.25) is 0 Å². The number of alkyl halides is 1. The van der Waals surface area contributed by atoms with E-state index < -0.39 is 11.7 Å². The SMILES string of the molecule is COc1cc(CCl)cc(NC(=O)OC(C)(C)C)c1O. The Morgan fingerprint density at radius 2 is 2.05 bits per heavy atom. The number of hydrogen-bond donors (Lipinski definition) is 2. The van der Waals surface area contributed by atoms with E-state index >= 15 is 0 Å². The van der Waals surface area contributed by atoms with E-state index in [4.69, 9.17) is 21.1 Å². The number of carbonyl (C=O) groups is 1. The fourth-order valence-electron chi connectivity index (χ4n) is 1.41. The van der Waals surface area contributed by atoms with Gasteiger partial charge in [-0.2, -0.15) is 0 Å². The number of methoxy groups -OCH3 is 1. The van der Waals surface area contributed by atoms with Crippen molar-refractivity contribution < 1.29 is 19.4 Å². The Morgan fingerprint density at radius 1 is 1.42 bits per heavy atom. The van der Waals surface area contributed by atoms with Crippen LogP contribution in [0, 0.1) is 0 Å². The molecule has 106 valence electrons. The second kappa shape index (κ2) is 6.02. The Morgan fingerprint density at radius 3 is 2.53 bits per heavy atom. The van der Waals surface area contributed by atoms with Gasteiger partial charge in [0.25, 0.3) is 0 Å². The van der Waals surface area contributed by atoms with Crippen molar-refractivity contribution in [2.24, 2.45) is 0 Å². The number of ether oxygens (including phenoxy) is 2. The Bertz CT molecular complexity index is 468. The fourth-order valence-corrected chi connectivity index (χ4v) is 1.56. The number of hydrogen-bond acceptors (Lipinski definition) is 4. The summed E-state index contributed by atoms with van der Waals surface area (Å²) in [5.41, 5.74) is 0.292. The molecule has 0 fully saturated rings. The summed E-state index contributed by atoms with van der Waals surface area (Å²) in [6.07, 6.45) is -0.656. The lowest BCUT2D eigenvalue weighted by Gasteiger charge is -2.20. The van der Waals surface area contributed by atoms with Gasteiger partial charge in [0.2, 0.25) is 0 Å². The topological polar surface area (TPSA) is 67.8 Å². The van der Waals surface area contributed by atoms with Crippen LogP contribution in [0.5, 0.6) is 11.5 Å². The Hall–Kier alpha value is -1.62. The number of nitrogens with one attached hydrogen (secondary N) is 1. The van der Waals surface area contributed by atoms with Gasteiger partial charge in [-0.15, -0.1) is 11.6 Å². The summed E-state index contributed by atoms with van der Waals surface area (Å²) in [5.74, 6) is 0.311. The Balaban J connectivity index is 2.97. The van der Waals surface area contributed by atoms with Crippen LogP contribution in [0.25, 0.3) is 0 Å². The first kappa shape index (κ1) is 15.4. The fraction of sp³-hybridized carbons (Fsp3) is 0.462. The predicted octanol–water partition coefficient (Wildman–Crippen LogP) is 3.49. The molecule has 0 spiro atoms. The van der Waals surface area contributed by atoms with E-state index in [1.807, 2.05) is 0 Å². The summed E-state index contributed by atoms with van der Waals surface area (Å²) >= 11 is 5.74. The van der Waals surface area contributed by atoms with Crippen LogP contribution in [-0.2, 0) is 10.6 Å². The van der Waals surface area contributed by atoms with Crippen molar-refractivity contribution in [1.82, 2.24) is 0 Å². The van der Waals surface area contributed by atoms with Crippen molar-refractivity contribution >= 4 is 23.4 Å². The van der Waals surface area contributed by atoms with E-state index in [9.17, 15) is 9.90 Å². The van der Waals surface area contributed by atoms with Crippen LogP contribution >= 0.6 is 11.6 Å². The van der Waals surface area contributed by atoms with Crippen LogP contribution < -0.4 is 10.1 Å². The zero-order chi connectivity index (χ0) is 14.6. The second-order valence-electron chi connectivity index (χ2n) is 4.95. The zero-order valence-electron chi connectivity index (χ0n) is 11.4. The highest BCUT2D eigenvalue weighted by atomic mass is 35.5. The van der Waals surface area contributed by atoms with Crippen molar-refractivity contribution in [2.45, 2.75) is 32.3 Å². The van der Waals surface area contributed by atoms with Crippen molar-refractivity contribution in [3.8, 4) is 11.5 Å². The van der Waals surface area contributed by atoms with Crippen LogP contribution in [0.1, 0.15) is 26.3 Å². The summed E-state index contributed by atoms with van der Waals surface area (Å²) in [7, 11) is 1.42. The molecule has 0 atom stereocenters. The van der Waals surface area contributed by atoms with Crippen molar-refractivity contribution in [2.75, 3.05) is 12.4 Å². The minimum absolute atomic E-state index is 0.165. The van der Waals surface area contributed by atoms with E-state index in [0.717, 1.165) is 0 Å². The van der Waals surface area contributed by atoms with E-state index in [0.29, 0.717) is 5.56 Å². The number of rotatable bonds is 3. The Kier molecular flexibility index (Phi) is 4.89. The minimum Gasteiger partial charge on any atom is -0.503 e. The first-order chi connectivity index (χ1) is 8.76. The number of aromatic hydroxyl groups is 1. The van der Waals surface area contributed by atoms with Crippen LogP contribution in [0.4, 0.5) is 10.5 Å². The third-order valence-electron chi connectivity index (χ3n) is 2.14. The normalized spacial score (nSPS) is 11.0. The van der Waals surface area contributed by atoms with Crippen molar-refractivity contribution in [3.05, 3.63) is 17.7 Å². The van der Waals surface area contributed by atoms with Crippen LogP contribution in [-0.4, -0.2) is 23.9 Å². The van der Waals surface area contributed by atoms with Gasteiger partial charge < -0.3 is 14.6 Å². The van der Waals surface area contributed by atoms with Gasteiger partial charge in [0, 0.05) is 5.88 Å². The molecule has 0 aliphatic heterocycles. The third kappa shape index (κ3) is 4.52. The molecule has 19 heavy (non-hydrogen) atoms. The van der Waals surface area contributed by atoms with E-state index in [-0.39, 0.29) is 23.1 Å². The number of phenols is 1. The summed E-state index contributed by atoms with van der Waals surface area (Å²) in [6, 6.07) is 3.16. The number of anilines is 1. The highest BCUT2D eigenvalue weighted by Crippen LogP contribution is 2.36. The van der Waals surface area contributed by atoms with Crippen LogP contribution in [0.15, 0.2) is 12.1 Å². The summed E-state index contributed by atoms with van der Waals surface area (Å²) in [6.45, 7) is 5.26. The molecule has 0 aliphatic rings. The first-order valence-corrected chi connectivity index (χ1v) is 6.26. The average molecular weight is 288 g/mol. The monoisotopic (exact) mass is 287 g/mol. The molecule has 2 N–H and O–H groups in total. The van der Waals surface area contributed by atoms with E-state index in [1.54, 1.807) is 32.9 Å². The maximum absolute atomic E-state index is 11.7. The number of phenolic OH excluding ortho intramolecular Hbond substituents is 1. The largest absolute Gasteiger partial charge is 0.503 e. The molecule has 0 saturated heterocycles. The summed E-state index contributed by atoms with van der Waals surface area (Å²) in [4.78, 5) is 11.7. The molecule has 0 saturated carbocycles. The molecule has 1 rings (SSSR count). The molecular formula is C13H18ClNO4. The molecule has 0 unspecified atom stereocenters. The summed E-state index contributed by atoms with van der Waals surface area (Å²) in [5, 5.41) is 12.4. The highest BCUT2D eigenvalue weighted by Gasteiger charge is 2.18. The number of carbonyl (C=O) groups excluding carboxylic acids is 1. The zero-order valence-corrected chi connectivity index (χ0v) is 12.2. The smallest absolute Gasteiger partial charge is 0.412 e. The molecule has 0 aliphatic carbocycles. The molecule has 0 bridgehead atoms. The lowest BCUT2D eigenvalue weighted by molar-refractivity contribution is 0.0635. The van der Waals surface area contributed by atoms with Crippen LogP contribution in [0.3, 0.4) is 0 Å². The standard InChI is InChI=1S/C13H18ClNO4/c1-13(2,3)19-12(17)15-9-5-8(7-14)6-10(18-4)11(9)16/h5-6,16H,7H2,1-4H3,(H,15,17). The quantitative estimate of drug-likeness (QED) is 0.660. The molecule has 5 nitrogen and oxygen atoms in total. The lowest BCUT2D eigenvalue weighted by Crippen LogP contribution is -2.27. The van der Waals surface area contributed by atoms with Crippen molar-refractivity contribution in [3.63, 3.8) is 0 Å².